The second-order valence-electron chi connectivity index (χ2n) is 8.21. The van der Waals surface area contributed by atoms with Gasteiger partial charge in [-0.05, 0) is 65.1 Å². The fourth-order valence-electron chi connectivity index (χ4n) is 3.62. The van der Waals surface area contributed by atoms with Crippen LogP contribution in [0.15, 0.2) is 77.8 Å². The summed E-state index contributed by atoms with van der Waals surface area (Å²) in [5, 5.41) is 1.06. The summed E-state index contributed by atoms with van der Waals surface area (Å²) in [6, 6.07) is 19.8. The number of nitrogens with zero attached hydrogens (tertiary/aromatic N) is 1. The lowest BCUT2D eigenvalue weighted by Gasteiger charge is -2.13. The van der Waals surface area contributed by atoms with E-state index in [1.54, 1.807) is 48.7 Å². The van der Waals surface area contributed by atoms with Crippen LogP contribution in [0.3, 0.4) is 0 Å². The molecule has 162 valence electrons. The van der Waals surface area contributed by atoms with E-state index in [9.17, 15) is 12.8 Å². The van der Waals surface area contributed by atoms with Crippen molar-refractivity contribution in [3.8, 4) is 11.1 Å². The predicted molar refractivity (Wildman–Crippen MR) is 130 cm³/mol. The molecular weight excluding hydrogens is 421 g/mol. The zero-order chi connectivity index (χ0) is 22.9. The average molecular weight is 446 g/mol. The van der Waals surface area contributed by atoms with Crippen LogP contribution < -0.4 is 0 Å². The molecule has 0 aliphatic heterocycles. The van der Waals surface area contributed by atoms with Gasteiger partial charge in [0.15, 0.2) is 9.84 Å². The summed E-state index contributed by atoms with van der Waals surface area (Å²) in [6.07, 6.45) is 6.42. The topological polar surface area (TPSA) is 47.0 Å². The van der Waals surface area contributed by atoms with E-state index in [1.165, 1.54) is 17.9 Å². The fraction of sp³-hybridized carbons (Fsp3) is 0.148. The second-order valence-corrected chi connectivity index (χ2v) is 10.2. The minimum Gasteiger partial charge on any atom is -0.256 e. The van der Waals surface area contributed by atoms with Crippen molar-refractivity contribution in [3.63, 3.8) is 0 Å². The maximum atomic E-state index is 14.6. The fourth-order valence-corrected chi connectivity index (χ4v) is 4.25. The number of sulfone groups is 1. The molecule has 0 aliphatic carbocycles. The lowest BCUT2D eigenvalue weighted by atomic mass is 9.93. The van der Waals surface area contributed by atoms with Crippen molar-refractivity contribution in [2.24, 2.45) is 0 Å². The number of rotatable bonds is 5. The molecule has 0 atom stereocenters. The van der Waals surface area contributed by atoms with Gasteiger partial charge in [-0.25, -0.2) is 12.8 Å². The van der Waals surface area contributed by atoms with E-state index in [0.29, 0.717) is 11.5 Å². The van der Waals surface area contributed by atoms with Crippen molar-refractivity contribution in [2.45, 2.75) is 24.7 Å². The summed E-state index contributed by atoms with van der Waals surface area (Å²) in [4.78, 5) is 4.83. The van der Waals surface area contributed by atoms with Crippen LogP contribution >= 0.6 is 0 Å². The summed E-state index contributed by atoms with van der Waals surface area (Å²) in [5.74, 6) is 0.0307. The summed E-state index contributed by atoms with van der Waals surface area (Å²) >= 11 is 0. The third-order valence-electron chi connectivity index (χ3n) is 5.46. The Labute approximate surface area is 188 Å². The van der Waals surface area contributed by atoms with Gasteiger partial charge in [0.05, 0.1) is 10.4 Å². The van der Waals surface area contributed by atoms with Gasteiger partial charge in [0, 0.05) is 29.0 Å². The first-order chi connectivity index (χ1) is 15.2. The molecule has 5 heteroatoms. The molecule has 0 N–H and O–H groups in total. The molecule has 3 nitrogen and oxygen atoms in total. The Hall–Kier alpha value is -3.31. The molecule has 1 heterocycles. The molecule has 0 unspecified atom stereocenters. The number of halogens is 1. The minimum absolute atomic E-state index is 0.257. The van der Waals surface area contributed by atoms with Crippen LogP contribution in [0.2, 0.25) is 0 Å². The summed E-state index contributed by atoms with van der Waals surface area (Å²) < 4.78 is 37.8. The molecule has 0 radical (unpaired) electrons. The SMILES string of the molecule is CC(C)c1cc(-c2ccc(F)c(C=Cc3ccc(S(C)(=O)=O)cc3)c2)c2ncccc2c1. The zero-order valence-corrected chi connectivity index (χ0v) is 19.0. The molecule has 3 aromatic carbocycles. The Morgan fingerprint density at radius 2 is 1.69 bits per heavy atom. The third-order valence-corrected chi connectivity index (χ3v) is 6.59. The van der Waals surface area contributed by atoms with E-state index in [4.69, 9.17) is 0 Å². The molecular formula is C27H24FNO2S. The van der Waals surface area contributed by atoms with Crippen molar-refractivity contribution in [2.75, 3.05) is 6.26 Å². The average Bonchev–Trinajstić information content (AvgIpc) is 2.77. The molecule has 1 aromatic heterocycles. The van der Waals surface area contributed by atoms with Crippen LogP contribution in [-0.2, 0) is 9.84 Å². The Balaban J connectivity index is 1.75. The third kappa shape index (κ3) is 4.63. The van der Waals surface area contributed by atoms with Crippen LogP contribution in [0, 0.1) is 5.82 Å². The van der Waals surface area contributed by atoms with E-state index in [2.05, 4.69) is 31.0 Å². The van der Waals surface area contributed by atoms with Gasteiger partial charge < -0.3 is 0 Å². The van der Waals surface area contributed by atoms with Crippen LogP contribution in [0.25, 0.3) is 34.2 Å². The monoisotopic (exact) mass is 445 g/mol. The Morgan fingerprint density at radius 1 is 0.938 bits per heavy atom. The van der Waals surface area contributed by atoms with Crippen molar-refractivity contribution in [1.82, 2.24) is 4.98 Å². The number of benzene rings is 3. The minimum atomic E-state index is -3.25. The Kier molecular flexibility index (Phi) is 5.94. The van der Waals surface area contributed by atoms with E-state index >= 15 is 0 Å². The van der Waals surface area contributed by atoms with Gasteiger partial charge in [0.2, 0.25) is 0 Å². The highest BCUT2D eigenvalue weighted by Gasteiger charge is 2.11. The second kappa shape index (κ2) is 8.67. The first-order valence-electron chi connectivity index (χ1n) is 10.4. The molecule has 0 fully saturated rings. The van der Waals surface area contributed by atoms with Gasteiger partial charge in [-0.1, -0.05) is 50.3 Å². The van der Waals surface area contributed by atoms with Crippen molar-refractivity contribution >= 4 is 32.9 Å². The molecule has 32 heavy (non-hydrogen) atoms. The van der Waals surface area contributed by atoms with Gasteiger partial charge in [-0.3, -0.25) is 4.98 Å². The lowest BCUT2D eigenvalue weighted by molar-refractivity contribution is 0.602. The molecule has 0 aliphatic rings. The highest BCUT2D eigenvalue weighted by molar-refractivity contribution is 7.90. The van der Waals surface area contributed by atoms with Crippen molar-refractivity contribution in [1.29, 1.82) is 0 Å². The van der Waals surface area contributed by atoms with Gasteiger partial charge >= 0.3 is 0 Å². The quantitative estimate of drug-likeness (QED) is 0.320. The summed E-state index contributed by atoms with van der Waals surface area (Å²) in [7, 11) is -3.25. The number of aromatic nitrogens is 1. The van der Waals surface area contributed by atoms with Crippen LogP contribution in [-0.4, -0.2) is 19.7 Å². The Morgan fingerprint density at radius 3 is 2.38 bits per heavy atom. The van der Waals surface area contributed by atoms with E-state index in [1.807, 2.05) is 18.2 Å². The Bertz CT molecular complexity index is 1420. The van der Waals surface area contributed by atoms with E-state index in [-0.39, 0.29) is 10.7 Å². The molecule has 0 saturated carbocycles. The standard InChI is InChI=1S/C27H24FNO2S/c1-18(2)23-16-22-5-4-14-29-27(22)25(17-23)20-10-13-26(28)21(15-20)9-6-19-7-11-24(12-8-19)32(3,30)31/h4-18H,1-3H3. The van der Waals surface area contributed by atoms with Crippen LogP contribution in [0.1, 0.15) is 36.5 Å². The highest BCUT2D eigenvalue weighted by Crippen LogP contribution is 2.32. The smallest absolute Gasteiger partial charge is 0.175 e. The largest absolute Gasteiger partial charge is 0.256 e. The normalized spacial score (nSPS) is 12.2. The number of fused-ring (bicyclic) bond motifs is 1. The van der Waals surface area contributed by atoms with Crippen LogP contribution in [0.5, 0.6) is 0 Å². The zero-order valence-electron chi connectivity index (χ0n) is 18.2. The molecule has 0 bridgehead atoms. The molecule has 0 saturated heterocycles. The van der Waals surface area contributed by atoms with Crippen molar-refractivity contribution in [3.05, 3.63) is 95.4 Å². The molecule has 0 amide bonds. The summed E-state index contributed by atoms with van der Waals surface area (Å²) in [6.45, 7) is 4.30. The predicted octanol–water partition coefficient (Wildman–Crippen LogP) is 6.74. The molecule has 0 spiro atoms. The van der Waals surface area contributed by atoms with Gasteiger partial charge in [-0.15, -0.1) is 0 Å². The number of hydrogen-bond acceptors (Lipinski definition) is 3. The van der Waals surface area contributed by atoms with Gasteiger partial charge in [-0.2, -0.15) is 0 Å². The van der Waals surface area contributed by atoms with Crippen LogP contribution in [0.4, 0.5) is 4.39 Å². The molecule has 4 rings (SSSR count). The first-order valence-corrected chi connectivity index (χ1v) is 12.3. The van der Waals surface area contributed by atoms with Crippen molar-refractivity contribution < 1.29 is 12.8 Å². The molecule has 4 aromatic rings. The van der Waals surface area contributed by atoms with E-state index in [0.717, 1.165) is 27.6 Å². The van der Waals surface area contributed by atoms with Gasteiger partial charge in [0.1, 0.15) is 5.82 Å². The maximum Gasteiger partial charge on any atom is 0.175 e. The lowest BCUT2D eigenvalue weighted by Crippen LogP contribution is -1.96. The number of hydrogen-bond donors (Lipinski definition) is 0. The summed E-state index contributed by atoms with van der Waals surface area (Å²) in [5.41, 5.74) is 5.19. The van der Waals surface area contributed by atoms with E-state index < -0.39 is 9.84 Å². The van der Waals surface area contributed by atoms with Gasteiger partial charge in [0.25, 0.3) is 0 Å². The maximum absolute atomic E-state index is 14.6. The highest BCUT2D eigenvalue weighted by atomic mass is 32.2. The number of pyridine rings is 1. The first kappa shape index (κ1) is 21.9.